The summed E-state index contributed by atoms with van der Waals surface area (Å²) in [6.45, 7) is 2.89. The summed E-state index contributed by atoms with van der Waals surface area (Å²) in [5.74, 6) is 0.535. The SMILES string of the molecule is Nc1cnnn2c(CCCCN3CCS(=O)(=O)CC3)cc(-c3ccc4cn(Cc5ccccc5)nc4c3)c12. The molecule has 0 bridgehead atoms. The highest BCUT2D eigenvalue weighted by molar-refractivity contribution is 7.91. The van der Waals surface area contributed by atoms with Gasteiger partial charge < -0.3 is 10.6 Å². The Kier molecular flexibility index (Phi) is 6.59. The van der Waals surface area contributed by atoms with Crippen molar-refractivity contribution in [3.8, 4) is 11.1 Å². The quantitative estimate of drug-likeness (QED) is 0.307. The topological polar surface area (TPSA) is 111 Å². The second-order valence-corrected chi connectivity index (χ2v) is 12.3. The zero-order valence-electron chi connectivity index (χ0n) is 21.2. The van der Waals surface area contributed by atoms with Gasteiger partial charge in [-0.25, -0.2) is 12.9 Å². The largest absolute Gasteiger partial charge is 0.396 e. The number of hydrogen-bond acceptors (Lipinski definition) is 7. The molecule has 2 N–H and O–H groups in total. The molecular weight excluding hydrogens is 498 g/mol. The molecule has 38 heavy (non-hydrogen) atoms. The molecule has 10 heteroatoms. The van der Waals surface area contributed by atoms with E-state index < -0.39 is 9.84 Å². The van der Waals surface area contributed by atoms with Crippen LogP contribution in [-0.4, -0.2) is 69.1 Å². The van der Waals surface area contributed by atoms with Crippen molar-refractivity contribution in [3.05, 3.63) is 78.2 Å². The molecule has 9 nitrogen and oxygen atoms in total. The van der Waals surface area contributed by atoms with Crippen LogP contribution in [0.1, 0.15) is 24.1 Å². The molecule has 1 fully saturated rings. The molecule has 6 rings (SSSR count). The fourth-order valence-electron chi connectivity index (χ4n) is 5.23. The minimum atomic E-state index is -2.85. The normalized spacial score (nSPS) is 15.9. The van der Waals surface area contributed by atoms with Crippen molar-refractivity contribution in [1.29, 1.82) is 0 Å². The van der Waals surface area contributed by atoms with Crippen molar-refractivity contribution < 1.29 is 8.42 Å². The van der Waals surface area contributed by atoms with Crippen molar-refractivity contribution in [2.24, 2.45) is 0 Å². The molecule has 196 valence electrons. The van der Waals surface area contributed by atoms with Gasteiger partial charge in [-0.15, -0.1) is 5.10 Å². The van der Waals surface area contributed by atoms with Gasteiger partial charge in [0.2, 0.25) is 0 Å². The molecule has 0 unspecified atom stereocenters. The fourth-order valence-corrected chi connectivity index (χ4v) is 6.51. The van der Waals surface area contributed by atoms with Crippen LogP contribution in [0.2, 0.25) is 0 Å². The van der Waals surface area contributed by atoms with Crippen molar-refractivity contribution in [2.45, 2.75) is 25.8 Å². The number of unbranched alkanes of at least 4 members (excludes halogenated alkanes) is 1. The molecule has 0 atom stereocenters. The zero-order chi connectivity index (χ0) is 26.1. The van der Waals surface area contributed by atoms with E-state index in [9.17, 15) is 8.42 Å². The first-order valence-electron chi connectivity index (χ1n) is 13.0. The van der Waals surface area contributed by atoms with Gasteiger partial charge in [-0.1, -0.05) is 47.7 Å². The number of rotatable bonds is 8. The maximum absolute atomic E-state index is 11.7. The van der Waals surface area contributed by atoms with Gasteiger partial charge >= 0.3 is 0 Å². The van der Waals surface area contributed by atoms with Crippen molar-refractivity contribution >= 4 is 31.9 Å². The predicted molar refractivity (Wildman–Crippen MR) is 150 cm³/mol. The molecule has 1 saturated heterocycles. The van der Waals surface area contributed by atoms with E-state index in [2.05, 4.69) is 57.8 Å². The van der Waals surface area contributed by atoms with Gasteiger partial charge in [-0.05, 0) is 49.1 Å². The number of sulfone groups is 1. The maximum atomic E-state index is 11.7. The third kappa shape index (κ3) is 5.14. The van der Waals surface area contributed by atoms with E-state index in [1.165, 1.54) is 5.56 Å². The first-order valence-corrected chi connectivity index (χ1v) is 14.8. The molecule has 0 radical (unpaired) electrons. The highest BCUT2D eigenvalue weighted by Crippen LogP contribution is 2.33. The van der Waals surface area contributed by atoms with Crippen LogP contribution in [0.15, 0.2) is 67.0 Å². The molecule has 1 aliphatic rings. The molecule has 3 aromatic heterocycles. The Hall–Kier alpha value is -3.76. The van der Waals surface area contributed by atoms with Crippen molar-refractivity contribution in [2.75, 3.05) is 36.9 Å². The number of benzene rings is 2. The van der Waals surface area contributed by atoms with E-state index in [4.69, 9.17) is 10.8 Å². The van der Waals surface area contributed by atoms with E-state index in [1.807, 2.05) is 27.4 Å². The average Bonchev–Trinajstić information content (AvgIpc) is 3.49. The summed E-state index contributed by atoms with van der Waals surface area (Å²) in [7, 11) is -2.85. The number of hydrogen-bond donors (Lipinski definition) is 1. The van der Waals surface area contributed by atoms with E-state index in [-0.39, 0.29) is 11.5 Å². The molecule has 1 aliphatic heterocycles. The van der Waals surface area contributed by atoms with Crippen LogP contribution >= 0.6 is 0 Å². The molecule has 2 aromatic carbocycles. The Morgan fingerprint density at radius 2 is 1.79 bits per heavy atom. The third-order valence-corrected chi connectivity index (χ3v) is 8.92. The summed E-state index contributed by atoms with van der Waals surface area (Å²) >= 11 is 0. The van der Waals surface area contributed by atoms with Gasteiger partial charge in [0.25, 0.3) is 0 Å². The zero-order valence-corrected chi connectivity index (χ0v) is 22.0. The minimum absolute atomic E-state index is 0.267. The highest BCUT2D eigenvalue weighted by Gasteiger charge is 2.21. The molecule has 0 spiro atoms. The molecule has 0 saturated carbocycles. The Morgan fingerprint density at radius 1 is 0.974 bits per heavy atom. The van der Waals surface area contributed by atoms with Gasteiger partial charge in [-0.2, -0.15) is 5.10 Å². The van der Waals surface area contributed by atoms with Gasteiger partial charge in [0.05, 0.1) is 41.0 Å². The van der Waals surface area contributed by atoms with Crippen LogP contribution in [0, 0.1) is 0 Å². The van der Waals surface area contributed by atoms with Crippen LogP contribution < -0.4 is 5.73 Å². The number of aryl methyl sites for hydroxylation is 1. The lowest BCUT2D eigenvalue weighted by atomic mass is 10.0. The predicted octanol–water partition coefficient (Wildman–Crippen LogP) is 3.43. The van der Waals surface area contributed by atoms with Crippen LogP contribution in [0.5, 0.6) is 0 Å². The monoisotopic (exact) mass is 529 g/mol. The van der Waals surface area contributed by atoms with Gasteiger partial charge in [0.1, 0.15) is 0 Å². The van der Waals surface area contributed by atoms with Crippen LogP contribution in [0.3, 0.4) is 0 Å². The lowest BCUT2D eigenvalue weighted by Gasteiger charge is -2.26. The van der Waals surface area contributed by atoms with E-state index in [0.717, 1.165) is 65.6 Å². The van der Waals surface area contributed by atoms with Crippen molar-refractivity contribution in [3.63, 3.8) is 0 Å². The first kappa shape index (κ1) is 24.6. The summed E-state index contributed by atoms with van der Waals surface area (Å²) in [4.78, 5) is 2.24. The summed E-state index contributed by atoms with van der Waals surface area (Å²) in [6, 6.07) is 18.8. The minimum Gasteiger partial charge on any atom is -0.396 e. The third-order valence-electron chi connectivity index (χ3n) is 7.31. The van der Waals surface area contributed by atoms with Crippen LogP contribution in [0.25, 0.3) is 27.5 Å². The summed E-state index contributed by atoms with van der Waals surface area (Å²) in [5.41, 5.74) is 13.1. The Bertz CT molecular complexity index is 1680. The summed E-state index contributed by atoms with van der Waals surface area (Å²) in [5, 5.41) is 14.4. The molecule has 0 aliphatic carbocycles. The number of nitrogens with zero attached hydrogens (tertiary/aromatic N) is 6. The Labute approximate surface area is 221 Å². The Balaban J connectivity index is 1.21. The number of nitrogens with two attached hydrogens (primary N) is 1. The highest BCUT2D eigenvalue weighted by atomic mass is 32.2. The molecular formula is C28H31N7O2S. The molecule has 4 heterocycles. The van der Waals surface area contributed by atoms with Gasteiger partial charge in [0.15, 0.2) is 9.84 Å². The second kappa shape index (κ2) is 10.2. The fraction of sp³-hybridized carbons (Fsp3) is 0.321. The maximum Gasteiger partial charge on any atom is 0.152 e. The Morgan fingerprint density at radius 3 is 2.61 bits per heavy atom. The number of nitrogen functional groups attached to an aromatic ring is 1. The molecule has 5 aromatic rings. The lowest BCUT2D eigenvalue weighted by Crippen LogP contribution is -2.40. The number of fused-ring (bicyclic) bond motifs is 2. The van der Waals surface area contributed by atoms with E-state index in [1.54, 1.807) is 6.20 Å². The smallest absolute Gasteiger partial charge is 0.152 e. The van der Waals surface area contributed by atoms with Crippen LogP contribution in [-0.2, 0) is 22.8 Å². The first-order chi connectivity index (χ1) is 18.4. The summed E-state index contributed by atoms with van der Waals surface area (Å²) < 4.78 is 27.2. The van der Waals surface area contributed by atoms with Gasteiger partial charge in [-0.3, -0.25) is 4.68 Å². The lowest BCUT2D eigenvalue weighted by molar-refractivity contribution is 0.289. The summed E-state index contributed by atoms with van der Waals surface area (Å²) in [6.07, 6.45) is 6.46. The standard InChI is InChI=1S/C28H31N7O2S/c29-26-18-30-32-35-24(8-4-5-11-33-12-14-38(36,37)15-13-33)17-25(28(26)35)22-9-10-23-20-34(31-27(23)16-22)19-21-6-2-1-3-7-21/h1-3,6-7,9-10,16-18,20H,4-5,8,11-15,19,29H2. The number of anilines is 1. The van der Waals surface area contributed by atoms with E-state index in [0.29, 0.717) is 18.8 Å². The number of aromatic nitrogens is 5. The average molecular weight is 530 g/mol. The van der Waals surface area contributed by atoms with E-state index >= 15 is 0 Å². The van der Waals surface area contributed by atoms with Crippen LogP contribution in [0.4, 0.5) is 5.69 Å². The molecule has 0 amide bonds. The second-order valence-electron chi connectivity index (χ2n) is 10.0. The van der Waals surface area contributed by atoms with Gasteiger partial charge in [0, 0.05) is 35.9 Å². The van der Waals surface area contributed by atoms with Crippen molar-refractivity contribution in [1.82, 2.24) is 29.5 Å².